The lowest BCUT2D eigenvalue weighted by Gasteiger charge is -2.16. The number of hydrogen-bond acceptors (Lipinski definition) is 0. The van der Waals surface area contributed by atoms with Crippen molar-refractivity contribution in [2.75, 3.05) is 0 Å². The van der Waals surface area contributed by atoms with Crippen molar-refractivity contribution in [1.82, 2.24) is 0 Å². The highest BCUT2D eigenvalue weighted by atomic mass is 14.1. The van der Waals surface area contributed by atoms with Crippen LogP contribution in [0.15, 0.2) is 71.4 Å². The monoisotopic (exact) mass is 252 g/mol. The van der Waals surface area contributed by atoms with Gasteiger partial charge in [-0.15, -0.1) is 0 Å². The molecule has 19 heavy (non-hydrogen) atoms. The van der Waals surface area contributed by atoms with Crippen LogP contribution in [0.4, 0.5) is 0 Å². The molecule has 0 unspecified atom stereocenters. The first kappa shape index (κ1) is 13.9. The molecule has 0 heterocycles. The molecule has 0 aromatic rings. The van der Waals surface area contributed by atoms with E-state index in [9.17, 15) is 0 Å². The van der Waals surface area contributed by atoms with E-state index >= 15 is 0 Å². The van der Waals surface area contributed by atoms with E-state index in [1.807, 2.05) is 6.08 Å². The Labute approximate surface area is 117 Å². The molecule has 0 atom stereocenters. The van der Waals surface area contributed by atoms with Crippen LogP contribution in [-0.2, 0) is 0 Å². The molecule has 0 fully saturated rings. The van der Waals surface area contributed by atoms with Crippen molar-refractivity contribution >= 4 is 0 Å². The summed E-state index contributed by atoms with van der Waals surface area (Å²) in [7, 11) is 0. The van der Waals surface area contributed by atoms with Crippen LogP contribution in [0.3, 0.4) is 0 Å². The largest absolute Gasteiger partial charge is 0.0991 e. The average molecular weight is 252 g/mol. The Balaban J connectivity index is 2.18. The van der Waals surface area contributed by atoms with Crippen LogP contribution < -0.4 is 0 Å². The summed E-state index contributed by atoms with van der Waals surface area (Å²) in [6.07, 6.45) is 22.9. The molecular weight excluding hydrogens is 228 g/mol. The molecule has 0 nitrogen and oxygen atoms in total. The SMILES string of the molecule is C=C/C=C1C=C(/C=C2C=C(/C=C/C)CCC/2)CCC/1. The van der Waals surface area contributed by atoms with Crippen LogP contribution in [0.1, 0.15) is 45.4 Å². The van der Waals surface area contributed by atoms with Crippen LogP contribution in [-0.4, -0.2) is 0 Å². The molecule has 2 aliphatic carbocycles. The molecule has 0 aromatic carbocycles. The quantitative estimate of drug-likeness (QED) is 0.593. The summed E-state index contributed by atoms with van der Waals surface area (Å²) in [6.45, 7) is 5.88. The van der Waals surface area contributed by atoms with Crippen LogP contribution in [0.2, 0.25) is 0 Å². The second-order valence-electron chi connectivity index (χ2n) is 5.34. The molecule has 0 saturated heterocycles. The molecule has 0 saturated carbocycles. The summed E-state index contributed by atoms with van der Waals surface area (Å²) >= 11 is 0. The fourth-order valence-electron chi connectivity index (χ4n) is 2.85. The smallest absolute Gasteiger partial charge is 0.0276 e. The van der Waals surface area contributed by atoms with Crippen LogP contribution in [0.5, 0.6) is 0 Å². The Morgan fingerprint density at radius 2 is 1.63 bits per heavy atom. The highest BCUT2D eigenvalue weighted by molar-refractivity contribution is 5.41. The molecule has 0 N–H and O–H groups in total. The Kier molecular flexibility index (Phi) is 5.20. The van der Waals surface area contributed by atoms with Crippen LogP contribution in [0.25, 0.3) is 0 Å². The Morgan fingerprint density at radius 1 is 0.947 bits per heavy atom. The van der Waals surface area contributed by atoms with Gasteiger partial charge in [0.15, 0.2) is 0 Å². The summed E-state index contributed by atoms with van der Waals surface area (Å²) in [5.41, 5.74) is 5.86. The molecule has 0 spiro atoms. The summed E-state index contributed by atoms with van der Waals surface area (Å²) in [4.78, 5) is 0. The maximum Gasteiger partial charge on any atom is -0.0276 e. The Morgan fingerprint density at radius 3 is 2.37 bits per heavy atom. The van der Waals surface area contributed by atoms with E-state index in [1.165, 1.54) is 60.8 Å². The number of hydrogen-bond donors (Lipinski definition) is 0. The maximum absolute atomic E-state index is 3.79. The molecule has 0 aliphatic heterocycles. The van der Waals surface area contributed by atoms with Crippen LogP contribution in [0, 0.1) is 0 Å². The average Bonchev–Trinajstić information content (AvgIpc) is 2.40. The predicted octanol–water partition coefficient (Wildman–Crippen LogP) is 5.82. The molecule has 0 heteroatoms. The van der Waals surface area contributed by atoms with Gasteiger partial charge in [-0.3, -0.25) is 0 Å². The lowest BCUT2D eigenvalue weighted by molar-refractivity contribution is 0.780. The molecule has 0 aromatic heterocycles. The Bertz CT molecular complexity index is 478. The van der Waals surface area contributed by atoms with Gasteiger partial charge in [0.2, 0.25) is 0 Å². The van der Waals surface area contributed by atoms with Crippen molar-refractivity contribution in [3.05, 3.63) is 71.4 Å². The van der Waals surface area contributed by atoms with Gasteiger partial charge in [0.1, 0.15) is 0 Å². The molecule has 2 rings (SSSR count). The lowest BCUT2D eigenvalue weighted by atomic mass is 9.90. The topological polar surface area (TPSA) is 0 Å². The van der Waals surface area contributed by atoms with E-state index in [0.717, 1.165) is 0 Å². The fraction of sp³-hybridized carbons (Fsp3) is 0.368. The molecule has 2 aliphatic rings. The highest BCUT2D eigenvalue weighted by Crippen LogP contribution is 2.28. The molecule has 0 amide bonds. The Hall–Kier alpha value is -1.56. The van der Waals surface area contributed by atoms with Gasteiger partial charge in [0.25, 0.3) is 0 Å². The van der Waals surface area contributed by atoms with Gasteiger partial charge >= 0.3 is 0 Å². The normalized spacial score (nSPS) is 24.7. The van der Waals surface area contributed by atoms with Gasteiger partial charge in [0.05, 0.1) is 0 Å². The zero-order valence-corrected chi connectivity index (χ0v) is 12.0. The van der Waals surface area contributed by atoms with E-state index in [1.54, 1.807) is 0 Å². The van der Waals surface area contributed by atoms with E-state index in [0.29, 0.717) is 0 Å². The minimum Gasteiger partial charge on any atom is -0.0991 e. The fourth-order valence-corrected chi connectivity index (χ4v) is 2.85. The number of rotatable bonds is 3. The zero-order valence-electron chi connectivity index (χ0n) is 12.0. The summed E-state index contributed by atoms with van der Waals surface area (Å²) < 4.78 is 0. The second kappa shape index (κ2) is 7.13. The first-order chi connectivity index (χ1) is 9.31. The van der Waals surface area contributed by atoms with E-state index in [2.05, 4.69) is 50.0 Å². The van der Waals surface area contributed by atoms with Crippen molar-refractivity contribution in [3.63, 3.8) is 0 Å². The third-order valence-corrected chi connectivity index (χ3v) is 3.69. The first-order valence-electron chi connectivity index (χ1n) is 7.38. The third kappa shape index (κ3) is 4.24. The summed E-state index contributed by atoms with van der Waals surface area (Å²) in [5.74, 6) is 0. The molecule has 0 bridgehead atoms. The maximum atomic E-state index is 3.79. The number of allylic oxidation sites excluding steroid dienone is 11. The summed E-state index contributed by atoms with van der Waals surface area (Å²) in [5, 5.41) is 0. The molecular formula is C19H24. The predicted molar refractivity (Wildman–Crippen MR) is 85.0 cm³/mol. The van der Waals surface area contributed by atoms with Crippen molar-refractivity contribution in [1.29, 1.82) is 0 Å². The second-order valence-corrected chi connectivity index (χ2v) is 5.34. The van der Waals surface area contributed by atoms with E-state index in [-0.39, 0.29) is 0 Å². The van der Waals surface area contributed by atoms with Gasteiger partial charge in [-0.25, -0.2) is 0 Å². The molecule has 100 valence electrons. The van der Waals surface area contributed by atoms with Gasteiger partial charge in [-0.2, -0.15) is 0 Å². The van der Waals surface area contributed by atoms with Crippen molar-refractivity contribution < 1.29 is 0 Å². The van der Waals surface area contributed by atoms with Gasteiger partial charge < -0.3 is 0 Å². The van der Waals surface area contributed by atoms with E-state index in [4.69, 9.17) is 0 Å². The first-order valence-corrected chi connectivity index (χ1v) is 7.38. The zero-order chi connectivity index (χ0) is 13.5. The van der Waals surface area contributed by atoms with E-state index < -0.39 is 0 Å². The minimum absolute atomic E-state index is 1.19. The third-order valence-electron chi connectivity index (χ3n) is 3.69. The van der Waals surface area contributed by atoms with Gasteiger partial charge in [-0.1, -0.05) is 49.1 Å². The van der Waals surface area contributed by atoms with Crippen molar-refractivity contribution in [2.24, 2.45) is 0 Å². The van der Waals surface area contributed by atoms with Gasteiger partial charge in [0, 0.05) is 0 Å². The van der Waals surface area contributed by atoms with Crippen molar-refractivity contribution in [2.45, 2.75) is 45.4 Å². The summed E-state index contributed by atoms with van der Waals surface area (Å²) in [6, 6.07) is 0. The van der Waals surface area contributed by atoms with Gasteiger partial charge in [-0.05, 0) is 67.7 Å². The standard InChI is InChI=1S/C19H24/c1-3-7-16-9-5-11-18(13-16)15-19-12-6-10-17(14-19)8-4-2/h3-4,7-8,13-15H,1,5-6,9-12H2,2H3/b8-4+,16-7+,19-15+. The van der Waals surface area contributed by atoms with Crippen LogP contribution >= 0.6 is 0 Å². The molecule has 0 radical (unpaired) electrons. The lowest BCUT2D eigenvalue weighted by Crippen LogP contribution is -1.97. The minimum atomic E-state index is 1.19. The van der Waals surface area contributed by atoms with Crippen molar-refractivity contribution in [3.8, 4) is 0 Å². The highest BCUT2D eigenvalue weighted by Gasteiger charge is 2.09.